The molecule has 254 valence electrons. The second-order valence-corrected chi connectivity index (χ2v) is 13.3. The molecule has 0 amide bonds. The molecule has 2 N–H and O–H groups in total. The third-order valence-corrected chi connectivity index (χ3v) is 9.62. The summed E-state index contributed by atoms with van der Waals surface area (Å²) in [7, 11) is 6.67. The molecule has 11 heteroatoms. The van der Waals surface area contributed by atoms with Crippen LogP contribution in [0.1, 0.15) is 73.6 Å². The van der Waals surface area contributed by atoms with Crippen molar-refractivity contribution in [2.24, 2.45) is 23.7 Å². The van der Waals surface area contributed by atoms with Crippen molar-refractivity contribution in [1.82, 2.24) is 30.6 Å². The summed E-state index contributed by atoms with van der Waals surface area (Å²) in [4.78, 5) is 31.3. The zero-order valence-electron chi connectivity index (χ0n) is 29.0. The lowest BCUT2D eigenvalue weighted by Crippen LogP contribution is -2.65. The molecular weight excluding hydrogens is 591 g/mol. The molecule has 3 rings (SSSR count). The number of terminal acetylenes is 1. The van der Waals surface area contributed by atoms with Crippen LogP contribution in [0.5, 0.6) is 0 Å². The number of carbonyl (C=O) groups excluding carboxylic acids is 2. The Balaban J connectivity index is 1.80. The Hall–Kier alpha value is -3.49. The first-order valence-electron chi connectivity index (χ1n) is 17.0. The number of esters is 1. The highest BCUT2D eigenvalue weighted by atomic mass is 16.6. The van der Waals surface area contributed by atoms with Crippen molar-refractivity contribution in [3.63, 3.8) is 0 Å². The molecule has 0 bridgehead atoms. The van der Waals surface area contributed by atoms with Gasteiger partial charge in [0.05, 0.1) is 25.8 Å². The van der Waals surface area contributed by atoms with Crippen molar-refractivity contribution >= 4 is 19.6 Å². The van der Waals surface area contributed by atoms with Gasteiger partial charge in [0.15, 0.2) is 5.60 Å². The number of rotatable bonds is 11. The number of ether oxygens (including phenoxy) is 2. The highest BCUT2D eigenvalue weighted by Crippen LogP contribution is 2.35. The molecule has 2 aromatic rings. The molecule has 0 aromatic carbocycles. The summed E-state index contributed by atoms with van der Waals surface area (Å²) in [5.74, 6) is -2.44. The normalized spacial score (nSPS) is 31.2. The van der Waals surface area contributed by atoms with E-state index in [9.17, 15) is 9.59 Å². The van der Waals surface area contributed by atoms with Crippen LogP contribution in [0, 0.1) is 36.2 Å². The van der Waals surface area contributed by atoms with Crippen LogP contribution in [0.4, 0.5) is 0 Å². The second-order valence-electron chi connectivity index (χ2n) is 13.3. The molecule has 0 spiro atoms. The number of unbranched alkanes of at least 4 members (excludes halogenated alkanes) is 1. The van der Waals surface area contributed by atoms with Crippen molar-refractivity contribution in [3.8, 4) is 23.9 Å². The Labute approximate surface area is 282 Å². The van der Waals surface area contributed by atoms with Gasteiger partial charge in [0.25, 0.3) is 0 Å². The van der Waals surface area contributed by atoms with E-state index in [1.807, 2.05) is 49.0 Å². The van der Waals surface area contributed by atoms with Crippen LogP contribution < -0.4 is 10.6 Å². The maximum Gasteiger partial charge on any atom is 0.316 e. The average molecular weight is 645 g/mol. The van der Waals surface area contributed by atoms with Gasteiger partial charge in [-0.1, -0.05) is 50.4 Å². The summed E-state index contributed by atoms with van der Waals surface area (Å²) in [6, 6.07) is 5.24. The number of Topliss-reactive ketones (excluding diaryl/α,β-unsaturated/α-hetero) is 1. The predicted octanol–water partition coefficient (Wildman–Crippen LogP) is 4.77. The number of carbonyl (C=O) groups is 2. The fraction of sp³-hybridized carbons (Fsp3) is 0.639. The number of hydrogen-bond donors (Lipinski definition) is 2. The van der Waals surface area contributed by atoms with Gasteiger partial charge in [0.2, 0.25) is 0 Å². The first-order chi connectivity index (χ1) is 22.5. The Bertz CT molecular complexity index is 1330. The van der Waals surface area contributed by atoms with Crippen LogP contribution in [0.3, 0.4) is 0 Å². The highest BCUT2D eigenvalue weighted by molar-refractivity contribution is 6.15. The van der Waals surface area contributed by atoms with E-state index < -0.39 is 35.3 Å². The Morgan fingerprint density at radius 1 is 1.26 bits per heavy atom. The van der Waals surface area contributed by atoms with E-state index in [1.54, 1.807) is 20.0 Å². The number of nitrogens with zero attached hydrogens (tertiary/aromatic N) is 4. The molecule has 0 aliphatic carbocycles. The van der Waals surface area contributed by atoms with Crippen LogP contribution in [-0.2, 0) is 25.6 Å². The van der Waals surface area contributed by atoms with E-state index in [-0.39, 0.29) is 29.7 Å². The highest BCUT2D eigenvalue weighted by Gasteiger charge is 2.48. The van der Waals surface area contributed by atoms with Crippen molar-refractivity contribution < 1.29 is 19.1 Å². The fourth-order valence-corrected chi connectivity index (χ4v) is 6.71. The summed E-state index contributed by atoms with van der Waals surface area (Å²) >= 11 is 0. The van der Waals surface area contributed by atoms with E-state index >= 15 is 0 Å². The van der Waals surface area contributed by atoms with Crippen molar-refractivity contribution in [2.75, 3.05) is 13.1 Å². The van der Waals surface area contributed by atoms with E-state index in [0.29, 0.717) is 32.5 Å². The Morgan fingerprint density at radius 2 is 2.02 bits per heavy atom. The number of ketones is 1. The number of nitrogens with one attached hydrogen (secondary N) is 2. The predicted molar refractivity (Wildman–Crippen MR) is 185 cm³/mol. The first-order valence-corrected chi connectivity index (χ1v) is 17.0. The molecule has 1 aliphatic heterocycles. The maximum absolute atomic E-state index is 13.5. The summed E-state index contributed by atoms with van der Waals surface area (Å²) in [6.45, 7) is 17.5. The molecule has 3 heterocycles. The maximum atomic E-state index is 13.5. The molecule has 47 heavy (non-hydrogen) atoms. The molecule has 1 aliphatic rings. The van der Waals surface area contributed by atoms with Gasteiger partial charge >= 0.3 is 5.97 Å². The summed E-state index contributed by atoms with van der Waals surface area (Å²) in [6.07, 6.45) is 16.5. The monoisotopic (exact) mass is 644 g/mol. The first kappa shape index (κ1) is 38.0. The lowest BCUT2D eigenvalue weighted by molar-refractivity contribution is -0.173. The van der Waals surface area contributed by atoms with Gasteiger partial charge in [-0.05, 0) is 89.9 Å². The molecule has 0 saturated carbocycles. The minimum absolute atomic E-state index is 0.0456. The molecule has 2 aromatic heterocycles. The van der Waals surface area contributed by atoms with Crippen molar-refractivity contribution in [3.05, 3.63) is 43.2 Å². The van der Waals surface area contributed by atoms with Gasteiger partial charge in [0, 0.05) is 24.7 Å². The molecule has 1 saturated heterocycles. The average Bonchev–Trinajstić information content (AvgIpc) is 3.55. The van der Waals surface area contributed by atoms with Gasteiger partial charge < -0.3 is 20.1 Å². The van der Waals surface area contributed by atoms with Crippen LogP contribution in [0.25, 0.3) is 11.4 Å². The zero-order chi connectivity index (χ0) is 34.6. The van der Waals surface area contributed by atoms with Crippen molar-refractivity contribution in [1.29, 1.82) is 0 Å². The lowest BCUT2D eigenvalue weighted by atomic mass is 9.63. The lowest BCUT2D eigenvalue weighted by Gasteiger charge is -2.44. The van der Waals surface area contributed by atoms with Gasteiger partial charge in [-0.25, -0.2) is 0 Å². The quantitative estimate of drug-likeness (QED) is 0.0890. The van der Waals surface area contributed by atoms with Crippen LogP contribution in [-0.4, -0.2) is 76.5 Å². The third-order valence-electron chi connectivity index (χ3n) is 9.62. The molecular formula is C36H53BN6O4. The summed E-state index contributed by atoms with van der Waals surface area (Å²) in [5, 5.41) is 15.9. The van der Waals surface area contributed by atoms with Crippen LogP contribution in [0.2, 0.25) is 5.82 Å². The van der Waals surface area contributed by atoms with Gasteiger partial charge in [0.1, 0.15) is 29.6 Å². The number of cyclic esters (lactones) is 1. The zero-order valence-corrected chi connectivity index (χ0v) is 29.0. The van der Waals surface area contributed by atoms with Gasteiger partial charge in [-0.15, -0.1) is 11.7 Å². The van der Waals surface area contributed by atoms with E-state index in [2.05, 4.69) is 52.5 Å². The Morgan fingerprint density at radius 3 is 2.68 bits per heavy atom. The fourth-order valence-electron chi connectivity index (χ4n) is 6.71. The number of hydrogen-bond acceptors (Lipinski definition) is 9. The molecule has 1 fully saturated rings. The number of allylic oxidation sites excluding steroid dienone is 1. The Kier molecular flexibility index (Phi) is 14.7. The van der Waals surface area contributed by atoms with Crippen molar-refractivity contribution in [2.45, 2.75) is 110 Å². The smallest absolute Gasteiger partial charge is 0.316 e. The van der Waals surface area contributed by atoms with Gasteiger partial charge in [-0.2, -0.15) is 0 Å². The SMILES string of the molecule is [B][C@H]1[C@@H](CC=C)C[C@@H](C)CN[C@H](C)[C@@H](NCCCCn2cc(-c3ccccn3)nn2)[C@](C)(OC#C)[C@@H](CC)OC(=O)[C@H](C)C(=O)[C@@H]1C. The molecule has 2 radical (unpaired) electrons. The third kappa shape index (κ3) is 10.0. The second kappa shape index (κ2) is 18.2. The number of pyridine rings is 1. The van der Waals surface area contributed by atoms with Gasteiger partial charge in [-0.3, -0.25) is 19.3 Å². The molecule has 0 unspecified atom stereocenters. The summed E-state index contributed by atoms with van der Waals surface area (Å²) < 4.78 is 13.9. The summed E-state index contributed by atoms with van der Waals surface area (Å²) in [5.41, 5.74) is 0.417. The standard InChI is InChI=1S/C36H53BN6O4/c1-9-16-28-21-24(4)22-40-27(7)34(39-19-14-15-20-43-23-30(41-42-43)29-17-12-13-18-38-29)36(8,46-11-3)31(10-2)47-35(45)26(6)33(44)25(5)32(28)37/h3,9,12-13,17-18,23-28,31-32,34,39-40H,1,10,14-16,19-22H2,2,4-8H3/t24-,25-,26-,27-,28+,31-,32-,34-,36-/m1/s1. The minimum Gasteiger partial charge on any atom is -0.457 e. The molecule has 10 nitrogen and oxygen atoms in total. The van der Waals surface area contributed by atoms with Crippen LogP contribution in [0.15, 0.2) is 43.2 Å². The van der Waals surface area contributed by atoms with Crippen LogP contribution >= 0.6 is 0 Å². The van der Waals surface area contributed by atoms with E-state index in [0.717, 1.165) is 30.7 Å². The number of aromatic nitrogens is 4. The van der Waals surface area contributed by atoms with E-state index in [1.165, 1.54) is 0 Å². The number of aryl methyl sites for hydroxylation is 1. The topological polar surface area (TPSA) is 120 Å². The largest absolute Gasteiger partial charge is 0.457 e. The minimum atomic E-state index is -1.10. The van der Waals surface area contributed by atoms with E-state index in [4.69, 9.17) is 23.7 Å². The molecule has 9 atom stereocenters.